The van der Waals surface area contributed by atoms with Crippen LogP contribution in [0.25, 0.3) is 0 Å². The lowest BCUT2D eigenvalue weighted by Crippen LogP contribution is -2.25. The van der Waals surface area contributed by atoms with Gasteiger partial charge in [-0.05, 0) is 46.5 Å². The molecule has 5 heteroatoms. The van der Waals surface area contributed by atoms with E-state index in [4.69, 9.17) is 14.4 Å². The molecule has 0 aromatic heterocycles. The minimum absolute atomic E-state index is 0.0145. The second-order valence-electron chi connectivity index (χ2n) is 8.03. The first-order chi connectivity index (χ1) is 11.8. The van der Waals surface area contributed by atoms with Gasteiger partial charge in [0.05, 0.1) is 11.7 Å². The van der Waals surface area contributed by atoms with Crippen LogP contribution in [0.2, 0.25) is 0 Å². The number of esters is 1. The summed E-state index contributed by atoms with van der Waals surface area (Å²) in [6.07, 6.45) is 9.61. The number of epoxide rings is 1. The highest BCUT2D eigenvalue weighted by molar-refractivity contribution is 5.90. The number of carbonyl (C=O) groups is 1. The third kappa shape index (κ3) is 3.89. The van der Waals surface area contributed by atoms with E-state index >= 15 is 0 Å². The van der Waals surface area contributed by atoms with Crippen LogP contribution in [-0.2, 0) is 19.2 Å². The minimum Gasteiger partial charge on any atom is -0.458 e. The fourth-order valence-corrected chi connectivity index (χ4v) is 3.86. The van der Waals surface area contributed by atoms with Gasteiger partial charge in [0.15, 0.2) is 0 Å². The highest BCUT2D eigenvalue weighted by Gasteiger charge is 2.54. The first-order valence-electron chi connectivity index (χ1n) is 9.00. The number of carbonyl (C=O) groups excluding carboxylic acids is 1. The lowest BCUT2D eigenvalue weighted by molar-refractivity contribution is -0.303. The molecule has 0 spiro atoms. The molecule has 1 N–H and O–H groups in total. The van der Waals surface area contributed by atoms with Gasteiger partial charge in [-0.2, -0.15) is 0 Å². The highest BCUT2D eigenvalue weighted by atomic mass is 17.1. The molecule has 5 atom stereocenters. The molecule has 0 amide bonds. The quantitative estimate of drug-likeness (QED) is 0.194. The maximum Gasteiger partial charge on any atom is 0.334 e. The number of fused-ring (bicyclic) bond motifs is 2. The number of hydrogen-bond donors (Lipinski definition) is 1. The summed E-state index contributed by atoms with van der Waals surface area (Å²) >= 11 is 0. The lowest BCUT2D eigenvalue weighted by Gasteiger charge is -2.22. The van der Waals surface area contributed by atoms with Gasteiger partial charge in [-0.3, -0.25) is 5.26 Å². The fraction of sp³-hybridized carbons (Fsp3) is 0.650. The molecule has 2 aliphatic heterocycles. The lowest BCUT2D eigenvalue weighted by atomic mass is 9.85. The molecule has 0 aromatic carbocycles. The summed E-state index contributed by atoms with van der Waals surface area (Å²) in [5.41, 5.74) is 0.786. The van der Waals surface area contributed by atoms with Crippen molar-refractivity contribution in [1.29, 1.82) is 0 Å². The van der Waals surface area contributed by atoms with Gasteiger partial charge in [0, 0.05) is 17.9 Å². The summed E-state index contributed by atoms with van der Waals surface area (Å²) in [6, 6.07) is 0. The van der Waals surface area contributed by atoms with E-state index in [2.05, 4.69) is 19.6 Å². The Hall–Kier alpha value is -1.43. The predicted molar refractivity (Wildman–Crippen MR) is 93.9 cm³/mol. The van der Waals surface area contributed by atoms with Gasteiger partial charge in [0.25, 0.3) is 0 Å². The molecule has 25 heavy (non-hydrogen) atoms. The smallest absolute Gasteiger partial charge is 0.334 e. The molecule has 138 valence electrons. The van der Waals surface area contributed by atoms with Gasteiger partial charge in [0.1, 0.15) is 11.7 Å². The Morgan fingerprint density at radius 1 is 1.40 bits per heavy atom. The van der Waals surface area contributed by atoms with Crippen molar-refractivity contribution < 1.29 is 24.4 Å². The van der Waals surface area contributed by atoms with Crippen LogP contribution in [0.15, 0.2) is 36.0 Å². The molecule has 2 saturated heterocycles. The molecular formula is C20H28O5. The van der Waals surface area contributed by atoms with Crippen molar-refractivity contribution in [3.8, 4) is 0 Å². The summed E-state index contributed by atoms with van der Waals surface area (Å²) in [6.45, 7) is 9.93. The minimum atomic E-state index is -0.710. The average molecular weight is 348 g/mol. The molecule has 5 nitrogen and oxygen atoms in total. The van der Waals surface area contributed by atoms with E-state index in [-0.39, 0.29) is 29.7 Å². The third-order valence-corrected chi connectivity index (χ3v) is 5.78. The van der Waals surface area contributed by atoms with Crippen molar-refractivity contribution in [1.82, 2.24) is 0 Å². The molecule has 3 rings (SSSR count). The Labute approximate surface area is 149 Å². The first-order valence-corrected chi connectivity index (χ1v) is 9.00. The van der Waals surface area contributed by atoms with Crippen molar-refractivity contribution in [3.05, 3.63) is 36.0 Å². The normalized spacial score (nSPS) is 42.1. The summed E-state index contributed by atoms with van der Waals surface area (Å²) in [5, 5.41) is 9.27. The van der Waals surface area contributed by atoms with Crippen molar-refractivity contribution in [2.24, 2.45) is 5.92 Å². The molecule has 0 bridgehead atoms. The SMILES string of the molecule is C=C1C(=O)O[C@H]2CC(C)=CCC[C@@](C)(OO)C=CC[C@]3(C)O[C@H]3C[C@H]12. The van der Waals surface area contributed by atoms with Crippen LogP contribution in [0.4, 0.5) is 0 Å². The molecule has 1 aliphatic carbocycles. The summed E-state index contributed by atoms with van der Waals surface area (Å²) in [7, 11) is 0. The molecule has 0 radical (unpaired) electrons. The first kappa shape index (κ1) is 18.4. The molecule has 0 saturated carbocycles. The van der Waals surface area contributed by atoms with E-state index in [0.29, 0.717) is 18.4 Å². The Bertz CT molecular complexity index is 622. The van der Waals surface area contributed by atoms with Crippen LogP contribution < -0.4 is 0 Å². The number of ether oxygens (including phenoxy) is 2. The van der Waals surface area contributed by atoms with Gasteiger partial charge in [-0.15, -0.1) is 0 Å². The van der Waals surface area contributed by atoms with Gasteiger partial charge >= 0.3 is 5.97 Å². The van der Waals surface area contributed by atoms with Crippen LogP contribution in [0.1, 0.15) is 52.9 Å². The predicted octanol–water partition coefficient (Wildman–Crippen LogP) is 3.96. The zero-order valence-electron chi connectivity index (χ0n) is 15.3. The Morgan fingerprint density at radius 2 is 2.16 bits per heavy atom. The molecule has 2 heterocycles. The monoisotopic (exact) mass is 348 g/mol. The van der Waals surface area contributed by atoms with Crippen LogP contribution in [0.3, 0.4) is 0 Å². The van der Waals surface area contributed by atoms with Crippen LogP contribution in [0, 0.1) is 5.92 Å². The van der Waals surface area contributed by atoms with E-state index in [1.54, 1.807) is 0 Å². The van der Waals surface area contributed by atoms with E-state index in [9.17, 15) is 10.1 Å². The summed E-state index contributed by atoms with van der Waals surface area (Å²) < 4.78 is 11.5. The fourth-order valence-electron chi connectivity index (χ4n) is 3.86. The number of hydrogen-bond acceptors (Lipinski definition) is 5. The average Bonchev–Trinajstić information content (AvgIpc) is 3.12. The van der Waals surface area contributed by atoms with Crippen molar-refractivity contribution in [3.63, 3.8) is 0 Å². The van der Waals surface area contributed by atoms with Crippen LogP contribution >= 0.6 is 0 Å². The van der Waals surface area contributed by atoms with E-state index in [1.165, 1.54) is 5.57 Å². The second-order valence-corrected chi connectivity index (χ2v) is 8.03. The third-order valence-electron chi connectivity index (χ3n) is 5.78. The Kier molecular flexibility index (Phi) is 4.93. The molecule has 3 aliphatic rings. The maximum atomic E-state index is 12.0. The molecular weight excluding hydrogens is 320 g/mol. The van der Waals surface area contributed by atoms with Crippen LogP contribution in [0.5, 0.6) is 0 Å². The van der Waals surface area contributed by atoms with Gasteiger partial charge < -0.3 is 9.47 Å². The zero-order chi connectivity index (χ0) is 18.2. The van der Waals surface area contributed by atoms with Crippen molar-refractivity contribution in [2.45, 2.75) is 76.3 Å². The summed E-state index contributed by atoms with van der Waals surface area (Å²) in [5.74, 6) is -0.267. The Balaban J connectivity index is 1.82. The second kappa shape index (κ2) is 6.71. The number of rotatable bonds is 1. The van der Waals surface area contributed by atoms with Gasteiger partial charge in [-0.25, -0.2) is 9.68 Å². The topological polar surface area (TPSA) is 68.3 Å². The Morgan fingerprint density at radius 3 is 2.88 bits per heavy atom. The van der Waals surface area contributed by atoms with E-state index in [1.807, 2.05) is 26.0 Å². The van der Waals surface area contributed by atoms with E-state index < -0.39 is 5.60 Å². The van der Waals surface area contributed by atoms with Gasteiger partial charge in [-0.1, -0.05) is 30.4 Å². The van der Waals surface area contributed by atoms with Crippen LogP contribution in [-0.4, -0.2) is 34.6 Å². The highest BCUT2D eigenvalue weighted by Crippen LogP contribution is 2.47. The van der Waals surface area contributed by atoms with E-state index in [0.717, 1.165) is 19.3 Å². The van der Waals surface area contributed by atoms with Crippen molar-refractivity contribution in [2.75, 3.05) is 0 Å². The number of allylic oxidation sites excluding steroid dienone is 1. The molecule has 0 unspecified atom stereocenters. The zero-order valence-corrected chi connectivity index (χ0v) is 15.3. The summed E-state index contributed by atoms with van der Waals surface area (Å²) in [4.78, 5) is 16.7. The molecule has 0 aromatic rings. The maximum absolute atomic E-state index is 12.0. The molecule has 2 fully saturated rings. The van der Waals surface area contributed by atoms with Gasteiger partial charge in [0.2, 0.25) is 0 Å². The standard InChI is InChI=1S/C20H28O5/c1-13-7-5-8-19(3,25-22)9-6-10-20(4)17(24-20)12-15-14(2)18(21)23-16(15)11-13/h6-7,9,15-17,22H,2,5,8,10-12H2,1,3-4H3/t15-,16+,17+,19-,20+/m1/s1. The van der Waals surface area contributed by atoms with Crippen molar-refractivity contribution >= 4 is 5.97 Å². The largest absolute Gasteiger partial charge is 0.458 e.